The van der Waals surface area contributed by atoms with Crippen molar-refractivity contribution in [1.82, 2.24) is 14.2 Å². The van der Waals surface area contributed by atoms with Crippen LogP contribution in [0.4, 0.5) is 0 Å². The third-order valence-electron chi connectivity index (χ3n) is 5.22. The van der Waals surface area contributed by atoms with Gasteiger partial charge in [-0.05, 0) is 25.0 Å². The summed E-state index contributed by atoms with van der Waals surface area (Å²) in [4.78, 5) is 4.98. The smallest absolute Gasteiger partial charge is 0.102 e. The number of pyridine rings is 1. The predicted octanol–water partition coefficient (Wildman–Crippen LogP) is 2.11. The molecule has 5 heteroatoms. The van der Waals surface area contributed by atoms with Gasteiger partial charge in [0.25, 0.3) is 0 Å². The van der Waals surface area contributed by atoms with Gasteiger partial charge in [0.15, 0.2) is 0 Å². The first-order valence-electron chi connectivity index (χ1n) is 8.88. The van der Waals surface area contributed by atoms with Crippen molar-refractivity contribution < 1.29 is 4.74 Å². The van der Waals surface area contributed by atoms with Gasteiger partial charge in [0, 0.05) is 63.8 Å². The summed E-state index contributed by atoms with van der Waals surface area (Å²) in [5.41, 5.74) is 2.96. The van der Waals surface area contributed by atoms with E-state index in [2.05, 4.69) is 26.5 Å². The number of aromatic nitrogens is 1. The van der Waals surface area contributed by atoms with Crippen LogP contribution in [0.15, 0.2) is 30.6 Å². The van der Waals surface area contributed by atoms with Gasteiger partial charge in [-0.15, -0.1) is 0 Å². The molecule has 0 aliphatic carbocycles. The van der Waals surface area contributed by atoms with E-state index in [1.165, 1.54) is 12.8 Å². The molecule has 24 heavy (non-hydrogen) atoms. The quantitative estimate of drug-likeness (QED) is 0.864. The normalized spacial score (nSPS) is 22.9. The molecule has 2 aliphatic rings. The second-order valence-electron chi connectivity index (χ2n) is 6.85. The minimum atomic E-state index is 0.443. The molecule has 5 nitrogen and oxygen atoms in total. The second kappa shape index (κ2) is 6.94. The van der Waals surface area contributed by atoms with Crippen LogP contribution in [0.3, 0.4) is 0 Å². The Bertz CT molecular complexity index is 733. The molecule has 1 atom stereocenters. The number of hydrogen-bond acceptors (Lipinski definition) is 4. The van der Waals surface area contributed by atoms with Gasteiger partial charge in [-0.3, -0.25) is 9.80 Å². The van der Waals surface area contributed by atoms with Gasteiger partial charge in [-0.1, -0.05) is 6.07 Å². The van der Waals surface area contributed by atoms with Gasteiger partial charge in [0.1, 0.15) is 6.07 Å². The standard InChI is InChI=1S/C19H24N4O/c20-12-18-16(14-23-6-2-1-5-19(18)23)13-21-7-9-22(10-8-21)15-17-4-3-11-24-17/h1-2,5-6,14,17H,3-4,7-11,13,15H2. The fourth-order valence-electron chi connectivity index (χ4n) is 3.87. The lowest BCUT2D eigenvalue weighted by molar-refractivity contribution is 0.0489. The minimum Gasteiger partial charge on any atom is -0.377 e. The largest absolute Gasteiger partial charge is 0.377 e. The van der Waals surface area contributed by atoms with E-state index in [0.29, 0.717) is 6.10 Å². The van der Waals surface area contributed by atoms with Crippen molar-refractivity contribution in [2.24, 2.45) is 0 Å². The average Bonchev–Trinajstić information content (AvgIpc) is 3.23. The molecule has 2 aliphatic heterocycles. The second-order valence-corrected chi connectivity index (χ2v) is 6.85. The third-order valence-corrected chi connectivity index (χ3v) is 5.22. The van der Waals surface area contributed by atoms with Crippen LogP contribution >= 0.6 is 0 Å². The number of nitrogens with zero attached hydrogens (tertiary/aromatic N) is 4. The number of ether oxygens (including phenoxy) is 1. The van der Waals surface area contributed by atoms with E-state index in [4.69, 9.17) is 4.74 Å². The zero-order chi connectivity index (χ0) is 16.4. The topological polar surface area (TPSA) is 43.9 Å². The van der Waals surface area contributed by atoms with Crippen LogP contribution in [0.25, 0.3) is 5.52 Å². The van der Waals surface area contributed by atoms with Crippen LogP contribution < -0.4 is 0 Å². The number of hydrogen-bond donors (Lipinski definition) is 0. The fraction of sp³-hybridized carbons (Fsp3) is 0.526. The Morgan fingerprint density at radius 2 is 2.00 bits per heavy atom. The molecule has 0 radical (unpaired) electrons. The maximum Gasteiger partial charge on any atom is 0.102 e. The summed E-state index contributed by atoms with van der Waals surface area (Å²) in [7, 11) is 0. The van der Waals surface area contributed by atoms with E-state index in [9.17, 15) is 5.26 Å². The Labute approximate surface area is 143 Å². The highest BCUT2D eigenvalue weighted by atomic mass is 16.5. The zero-order valence-electron chi connectivity index (χ0n) is 14.0. The van der Waals surface area contributed by atoms with Crippen LogP contribution in [-0.2, 0) is 11.3 Å². The van der Waals surface area contributed by atoms with Crippen molar-refractivity contribution in [3.63, 3.8) is 0 Å². The Morgan fingerprint density at radius 3 is 2.75 bits per heavy atom. The van der Waals surface area contributed by atoms with Gasteiger partial charge in [0.2, 0.25) is 0 Å². The zero-order valence-corrected chi connectivity index (χ0v) is 14.0. The first kappa shape index (κ1) is 15.6. The van der Waals surface area contributed by atoms with E-state index in [1.807, 2.05) is 24.4 Å². The van der Waals surface area contributed by atoms with Crippen LogP contribution in [0, 0.1) is 11.3 Å². The molecule has 2 saturated heterocycles. The highest BCUT2D eigenvalue weighted by Crippen LogP contribution is 2.20. The van der Waals surface area contributed by atoms with Crippen molar-refractivity contribution in [3.05, 3.63) is 41.7 Å². The van der Waals surface area contributed by atoms with E-state index in [1.54, 1.807) is 0 Å². The van der Waals surface area contributed by atoms with Crippen molar-refractivity contribution >= 4 is 5.52 Å². The van der Waals surface area contributed by atoms with E-state index in [-0.39, 0.29) is 0 Å². The molecule has 2 aromatic heterocycles. The van der Waals surface area contributed by atoms with Gasteiger partial charge >= 0.3 is 0 Å². The summed E-state index contributed by atoms with van der Waals surface area (Å²) >= 11 is 0. The minimum absolute atomic E-state index is 0.443. The average molecular weight is 324 g/mol. The van der Waals surface area contributed by atoms with Crippen molar-refractivity contribution in [1.29, 1.82) is 5.26 Å². The summed E-state index contributed by atoms with van der Waals surface area (Å²) in [5, 5.41) is 9.53. The molecular weight excluding hydrogens is 300 g/mol. The van der Waals surface area contributed by atoms with Crippen LogP contribution in [0.5, 0.6) is 0 Å². The maximum atomic E-state index is 9.53. The Hall–Kier alpha value is -1.87. The molecule has 0 bridgehead atoms. The first-order chi connectivity index (χ1) is 11.8. The number of fused-ring (bicyclic) bond motifs is 1. The molecule has 126 valence electrons. The molecule has 0 aromatic carbocycles. The van der Waals surface area contributed by atoms with Crippen LogP contribution in [0.1, 0.15) is 24.0 Å². The maximum absolute atomic E-state index is 9.53. The Balaban J connectivity index is 1.38. The molecule has 1 unspecified atom stereocenters. The molecule has 0 amide bonds. The monoisotopic (exact) mass is 324 g/mol. The fourth-order valence-corrected chi connectivity index (χ4v) is 3.87. The Kier molecular flexibility index (Phi) is 4.52. The molecule has 4 rings (SSSR count). The molecule has 0 N–H and O–H groups in total. The molecule has 0 saturated carbocycles. The number of nitriles is 1. The molecular formula is C19H24N4O. The molecule has 0 spiro atoms. The van der Waals surface area contributed by atoms with E-state index < -0.39 is 0 Å². The highest BCUT2D eigenvalue weighted by Gasteiger charge is 2.23. The lowest BCUT2D eigenvalue weighted by atomic mass is 10.1. The predicted molar refractivity (Wildman–Crippen MR) is 92.8 cm³/mol. The van der Waals surface area contributed by atoms with Gasteiger partial charge < -0.3 is 9.14 Å². The number of piperazine rings is 1. The summed E-state index contributed by atoms with van der Waals surface area (Å²) < 4.78 is 7.81. The van der Waals surface area contributed by atoms with Gasteiger partial charge in [0.05, 0.1) is 17.2 Å². The van der Waals surface area contributed by atoms with Crippen molar-refractivity contribution in [2.45, 2.75) is 25.5 Å². The van der Waals surface area contributed by atoms with Gasteiger partial charge in [-0.25, -0.2) is 0 Å². The van der Waals surface area contributed by atoms with Crippen molar-refractivity contribution in [2.75, 3.05) is 39.3 Å². The summed E-state index contributed by atoms with van der Waals surface area (Å²) in [6.45, 7) is 7.17. The molecule has 4 heterocycles. The summed E-state index contributed by atoms with van der Waals surface area (Å²) in [6.07, 6.45) is 6.98. The lowest BCUT2D eigenvalue weighted by Gasteiger charge is -2.35. The van der Waals surface area contributed by atoms with E-state index in [0.717, 1.165) is 62.5 Å². The van der Waals surface area contributed by atoms with Crippen molar-refractivity contribution in [3.8, 4) is 6.07 Å². The van der Waals surface area contributed by atoms with Crippen LogP contribution in [0.2, 0.25) is 0 Å². The SMILES string of the molecule is N#Cc1c(CN2CCN(CC3CCCO3)CC2)cn2ccccc12. The number of rotatable bonds is 4. The van der Waals surface area contributed by atoms with Gasteiger partial charge in [-0.2, -0.15) is 5.26 Å². The third kappa shape index (κ3) is 3.18. The highest BCUT2D eigenvalue weighted by molar-refractivity contribution is 5.65. The van der Waals surface area contributed by atoms with E-state index >= 15 is 0 Å². The molecule has 2 fully saturated rings. The summed E-state index contributed by atoms with van der Waals surface area (Å²) in [6, 6.07) is 8.40. The lowest BCUT2D eigenvalue weighted by Crippen LogP contribution is -2.48. The van der Waals surface area contributed by atoms with Crippen LogP contribution in [-0.4, -0.2) is 59.6 Å². The summed E-state index contributed by atoms with van der Waals surface area (Å²) in [5.74, 6) is 0. The first-order valence-corrected chi connectivity index (χ1v) is 8.88. The molecule has 2 aromatic rings. The Morgan fingerprint density at radius 1 is 1.17 bits per heavy atom.